The number of carbonyl (C=O) groups is 2. The molecule has 0 aliphatic carbocycles. The van der Waals surface area contributed by atoms with Gasteiger partial charge in [0.15, 0.2) is 9.84 Å². The van der Waals surface area contributed by atoms with Gasteiger partial charge in [-0.05, 0) is 76.1 Å². The molecule has 1 saturated heterocycles. The van der Waals surface area contributed by atoms with E-state index in [1.807, 2.05) is 56.9 Å². The van der Waals surface area contributed by atoms with Crippen molar-refractivity contribution in [3.8, 4) is 5.75 Å². The van der Waals surface area contributed by atoms with Crippen LogP contribution in [0.5, 0.6) is 5.75 Å². The van der Waals surface area contributed by atoms with Crippen LogP contribution in [-0.4, -0.2) is 131 Å². The van der Waals surface area contributed by atoms with Gasteiger partial charge in [0.2, 0.25) is 5.91 Å². The molecule has 57 heavy (non-hydrogen) atoms. The van der Waals surface area contributed by atoms with Crippen molar-refractivity contribution in [1.82, 2.24) is 19.6 Å². The number of amides is 3. The van der Waals surface area contributed by atoms with E-state index in [1.54, 1.807) is 45.9 Å². The van der Waals surface area contributed by atoms with Crippen molar-refractivity contribution >= 4 is 62.4 Å². The van der Waals surface area contributed by atoms with Crippen LogP contribution < -0.4 is 4.74 Å². The number of sulfone groups is 1. The maximum atomic E-state index is 15.4. The molecule has 2 aliphatic heterocycles. The van der Waals surface area contributed by atoms with Crippen molar-refractivity contribution in [2.24, 2.45) is 4.99 Å². The van der Waals surface area contributed by atoms with E-state index in [-0.39, 0.29) is 52.2 Å². The number of hydrogen-bond acceptors (Lipinski definition) is 9. The molecular weight excluding hydrogens is 813 g/mol. The third-order valence-corrected chi connectivity index (χ3v) is 12.8. The Hall–Kier alpha value is -3.43. The number of urea groups is 1. The minimum atomic E-state index is -3.82. The summed E-state index contributed by atoms with van der Waals surface area (Å²) in [6.07, 6.45) is 1.08. The highest BCUT2D eigenvalue weighted by atomic mass is 35.5. The molecule has 2 heterocycles. The second kappa shape index (κ2) is 19.1. The molecule has 3 aromatic carbocycles. The Morgan fingerprint density at radius 2 is 1.35 bits per heavy atom. The predicted molar refractivity (Wildman–Crippen MR) is 225 cm³/mol. The molecule has 16 heteroatoms. The van der Waals surface area contributed by atoms with Gasteiger partial charge in [-0.3, -0.25) is 19.6 Å². The van der Waals surface area contributed by atoms with Crippen LogP contribution in [0.3, 0.4) is 0 Å². The molecule has 2 unspecified atom stereocenters. The van der Waals surface area contributed by atoms with E-state index in [9.17, 15) is 13.2 Å². The van der Waals surface area contributed by atoms with Crippen molar-refractivity contribution in [3.05, 3.63) is 92.4 Å². The normalized spacial score (nSPS) is 20.1. The van der Waals surface area contributed by atoms with E-state index in [4.69, 9.17) is 54.0 Å². The molecule has 2 aliphatic rings. The highest BCUT2D eigenvalue weighted by molar-refractivity contribution is 7.90. The van der Waals surface area contributed by atoms with Crippen LogP contribution in [0, 0.1) is 0 Å². The average Bonchev–Trinajstić information content (AvgIpc) is 3.41. The number of rotatable bonds is 16. The maximum absolute atomic E-state index is 15.4. The van der Waals surface area contributed by atoms with E-state index < -0.39 is 20.9 Å². The van der Waals surface area contributed by atoms with Crippen LogP contribution in [0.4, 0.5) is 4.79 Å². The minimum absolute atomic E-state index is 0.0119. The number of aliphatic imine (C=N–C) groups is 1. The van der Waals surface area contributed by atoms with Gasteiger partial charge in [0.1, 0.15) is 22.7 Å². The molecule has 1 fully saturated rings. The van der Waals surface area contributed by atoms with Gasteiger partial charge in [-0.2, -0.15) is 0 Å². The monoisotopic (exact) mass is 863 g/mol. The van der Waals surface area contributed by atoms with Crippen LogP contribution in [0.2, 0.25) is 15.1 Å². The van der Waals surface area contributed by atoms with Crippen molar-refractivity contribution in [3.63, 3.8) is 0 Å². The molecule has 0 saturated carbocycles. The first-order valence-corrected chi connectivity index (χ1v) is 22.1. The molecule has 0 N–H and O–H groups in total. The Morgan fingerprint density at radius 3 is 1.86 bits per heavy atom. The molecule has 310 valence electrons. The third kappa shape index (κ3) is 9.73. The van der Waals surface area contributed by atoms with Crippen LogP contribution >= 0.6 is 34.8 Å². The Bertz CT molecular complexity index is 2020. The minimum Gasteiger partial charge on any atom is -0.493 e. The van der Waals surface area contributed by atoms with E-state index in [1.165, 1.54) is 12.1 Å². The summed E-state index contributed by atoms with van der Waals surface area (Å²) in [6, 6.07) is 17.1. The summed E-state index contributed by atoms with van der Waals surface area (Å²) in [5.74, 6) is 0.439. The Morgan fingerprint density at radius 1 is 0.807 bits per heavy atom. The Balaban J connectivity index is 1.58. The summed E-state index contributed by atoms with van der Waals surface area (Å²) in [7, 11) is -3.82. The SMILES string of the molecule is CCOCCN(CCOCC)C(=O)CN1CCN(C(=O)N2C(c3cc(S(C)(=O)=O)c(Cl)cc3OCC)=NC(C)(c3ccc(Cl)cc3)C2(C)c2ccc(Cl)cc2)CC1. The summed E-state index contributed by atoms with van der Waals surface area (Å²) >= 11 is 19.3. The largest absolute Gasteiger partial charge is 0.493 e. The van der Waals surface area contributed by atoms with Gasteiger partial charge < -0.3 is 24.0 Å². The lowest BCUT2D eigenvalue weighted by Crippen LogP contribution is -2.61. The Kier molecular flexibility index (Phi) is 15.0. The number of halogens is 3. The van der Waals surface area contributed by atoms with Gasteiger partial charge >= 0.3 is 6.03 Å². The average molecular weight is 865 g/mol. The highest BCUT2D eigenvalue weighted by Gasteiger charge is 2.60. The highest BCUT2D eigenvalue weighted by Crippen LogP contribution is 2.54. The van der Waals surface area contributed by atoms with Gasteiger partial charge in [0.05, 0.1) is 41.8 Å². The topological polar surface area (TPSA) is 121 Å². The summed E-state index contributed by atoms with van der Waals surface area (Å²) in [4.78, 5) is 41.3. The summed E-state index contributed by atoms with van der Waals surface area (Å²) < 4.78 is 43.3. The van der Waals surface area contributed by atoms with Gasteiger partial charge in [0, 0.05) is 74.8 Å². The standard InChI is InChI=1S/C41H52Cl3N5O7S/c1-7-54-24-22-47(23-25-55-8-2)37(50)28-46-18-20-48(21-19-46)39(51)49-38(33-26-36(57(6,52)53)34(44)27-35(33)56-9-3)45-40(4,29-10-14-31(42)15-11-29)41(49,5)30-12-16-32(43)17-13-30/h10-17,26-27H,7-9,18-25,28H2,1-6H3. The van der Waals surface area contributed by atoms with Gasteiger partial charge in [-0.1, -0.05) is 59.1 Å². The number of nitrogens with zero attached hydrogens (tertiary/aromatic N) is 5. The van der Waals surface area contributed by atoms with E-state index >= 15 is 4.79 Å². The molecule has 0 spiro atoms. The van der Waals surface area contributed by atoms with Crippen LogP contribution in [0.15, 0.2) is 70.6 Å². The number of carbonyl (C=O) groups excluding carboxylic acids is 2. The molecule has 2 atom stereocenters. The molecule has 12 nitrogen and oxygen atoms in total. The Labute approximate surface area is 351 Å². The van der Waals surface area contributed by atoms with Gasteiger partial charge in [-0.15, -0.1) is 0 Å². The first-order valence-electron chi connectivity index (χ1n) is 19.1. The van der Waals surface area contributed by atoms with Crippen molar-refractivity contribution in [2.45, 2.75) is 50.6 Å². The zero-order valence-corrected chi connectivity index (χ0v) is 36.5. The van der Waals surface area contributed by atoms with E-state index in [0.717, 1.165) is 17.4 Å². The summed E-state index contributed by atoms with van der Waals surface area (Å²) in [5.41, 5.74) is -0.604. The summed E-state index contributed by atoms with van der Waals surface area (Å²) in [5, 5.41) is 1.03. The van der Waals surface area contributed by atoms with Crippen LogP contribution in [-0.2, 0) is 35.2 Å². The third-order valence-electron chi connectivity index (χ3n) is 10.7. The predicted octanol–water partition coefficient (Wildman–Crippen LogP) is 6.98. The number of amidine groups is 1. The second-order valence-corrected chi connectivity index (χ2v) is 17.5. The number of piperazine rings is 1. The molecule has 3 aromatic rings. The maximum Gasteiger partial charge on any atom is 0.326 e. The van der Waals surface area contributed by atoms with Gasteiger partial charge in [-0.25, -0.2) is 13.2 Å². The zero-order chi connectivity index (χ0) is 41.5. The van der Waals surface area contributed by atoms with Crippen LogP contribution in [0.25, 0.3) is 0 Å². The zero-order valence-electron chi connectivity index (χ0n) is 33.4. The molecule has 0 aromatic heterocycles. The lowest BCUT2D eigenvalue weighted by Gasteiger charge is -2.47. The first kappa shape index (κ1) is 44.7. The fourth-order valence-corrected chi connectivity index (χ4v) is 8.94. The fourth-order valence-electron chi connectivity index (χ4n) is 7.37. The fraction of sp³-hybridized carbons (Fsp3) is 0.488. The van der Waals surface area contributed by atoms with Gasteiger partial charge in [0.25, 0.3) is 0 Å². The molecular formula is C41H52Cl3N5O7S. The van der Waals surface area contributed by atoms with E-state index in [0.29, 0.717) is 75.7 Å². The number of benzene rings is 3. The number of ether oxygens (including phenoxy) is 3. The first-order chi connectivity index (χ1) is 27.1. The lowest BCUT2D eigenvalue weighted by atomic mass is 9.71. The van der Waals surface area contributed by atoms with Crippen molar-refractivity contribution in [1.29, 1.82) is 0 Å². The van der Waals surface area contributed by atoms with Crippen molar-refractivity contribution < 1.29 is 32.2 Å². The second-order valence-electron chi connectivity index (χ2n) is 14.2. The lowest BCUT2D eigenvalue weighted by molar-refractivity contribution is -0.134. The molecule has 5 rings (SSSR count). The molecule has 3 amide bonds. The number of hydrogen-bond donors (Lipinski definition) is 0. The van der Waals surface area contributed by atoms with Crippen LogP contribution in [0.1, 0.15) is 51.3 Å². The van der Waals surface area contributed by atoms with Crippen molar-refractivity contribution in [2.75, 3.05) is 85.1 Å². The summed E-state index contributed by atoms with van der Waals surface area (Å²) in [6.45, 7) is 14.4. The van der Waals surface area contributed by atoms with E-state index in [2.05, 4.69) is 0 Å². The quantitative estimate of drug-likeness (QED) is 0.142. The smallest absolute Gasteiger partial charge is 0.326 e. The molecule has 0 radical (unpaired) electrons. The molecule has 0 bridgehead atoms.